The van der Waals surface area contributed by atoms with Crippen LogP contribution in [0.25, 0.3) is 135 Å². The van der Waals surface area contributed by atoms with Crippen molar-refractivity contribution >= 4 is 96.4 Å². The van der Waals surface area contributed by atoms with Gasteiger partial charge in [-0.2, -0.15) is 0 Å². The van der Waals surface area contributed by atoms with E-state index in [1.165, 1.54) is 135 Å². The maximum atomic E-state index is 2.46. The van der Waals surface area contributed by atoms with Crippen molar-refractivity contribution in [3.63, 3.8) is 0 Å². The molecule has 306 valence electrons. The Kier molecular flexibility index (Phi) is 8.22. The Bertz CT molecular complexity index is 4160. The minimum absolute atomic E-state index is 1.17. The lowest BCUT2D eigenvalue weighted by molar-refractivity contribution is 1.18. The van der Waals surface area contributed by atoms with Gasteiger partial charge in [0.1, 0.15) is 0 Å². The van der Waals surface area contributed by atoms with Crippen LogP contribution in [0.15, 0.2) is 237 Å². The quantitative estimate of drug-likeness (QED) is 0.152. The van der Waals surface area contributed by atoms with Crippen LogP contribution < -0.4 is 0 Å². The van der Waals surface area contributed by atoms with Crippen LogP contribution in [0.3, 0.4) is 0 Å². The van der Waals surface area contributed by atoms with Gasteiger partial charge in [0.2, 0.25) is 0 Å². The maximum Gasteiger partial charge on any atom is 0.0541 e. The maximum absolute atomic E-state index is 2.46. The van der Waals surface area contributed by atoms with Gasteiger partial charge in [0.05, 0.1) is 11.0 Å². The molecule has 0 saturated carbocycles. The Hall–Kier alpha value is -8.30. The number of para-hydroxylation sites is 2. The molecule has 14 aromatic rings. The van der Waals surface area contributed by atoms with Crippen LogP contribution in [-0.4, -0.2) is 4.57 Å². The average Bonchev–Trinajstić information content (AvgIpc) is 3.93. The van der Waals surface area contributed by atoms with Gasteiger partial charge in [0.15, 0.2) is 0 Å². The van der Waals surface area contributed by atoms with E-state index in [1.54, 1.807) is 0 Å². The lowest BCUT2D eigenvalue weighted by atomic mass is 9.85. The molecule has 2 heterocycles. The summed E-state index contributed by atoms with van der Waals surface area (Å²) in [5.74, 6) is 0. The van der Waals surface area contributed by atoms with Crippen LogP contribution in [0.2, 0.25) is 0 Å². The second kappa shape index (κ2) is 14.6. The zero-order valence-corrected chi connectivity index (χ0v) is 36.7. The molecule has 1 nitrogen and oxygen atoms in total. The zero-order valence-electron chi connectivity index (χ0n) is 35.9. The Morgan fingerprint density at radius 3 is 1.26 bits per heavy atom. The standard InChI is InChI=1S/C64H39NS/c1-3-18-40(19-4-1)60-45-23-7-9-25-47(45)62(48-26-10-8-24-46(48)60)42-35-37-59-56(39-42)53-31-17-32-54(64(53)66-59)63-51-29-13-11-27-49(51)61(50-28-12-14-30-52(50)63)41-34-36-58-55(38-41)44-22-15-16-33-57(44)65(58)43-20-5-2-6-21-43/h1-39H. The van der Waals surface area contributed by atoms with Crippen molar-refractivity contribution in [2.75, 3.05) is 0 Å². The molecular formula is C64H39NS. The fourth-order valence-corrected chi connectivity index (χ4v) is 12.4. The number of rotatable bonds is 5. The van der Waals surface area contributed by atoms with E-state index in [1.807, 2.05) is 11.3 Å². The van der Waals surface area contributed by atoms with Crippen LogP contribution >= 0.6 is 11.3 Å². The molecule has 0 spiro atoms. The Labute approximate surface area is 385 Å². The lowest BCUT2D eigenvalue weighted by Crippen LogP contribution is -1.93. The highest BCUT2D eigenvalue weighted by molar-refractivity contribution is 7.26. The molecule has 2 heteroatoms. The molecule has 66 heavy (non-hydrogen) atoms. The van der Waals surface area contributed by atoms with E-state index in [2.05, 4.69) is 241 Å². The van der Waals surface area contributed by atoms with Gasteiger partial charge in [-0.25, -0.2) is 0 Å². The summed E-state index contributed by atoms with van der Waals surface area (Å²) < 4.78 is 5.01. The third kappa shape index (κ3) is 5.46. The summed E-state index contributed by atoms with van der Waals surface area (Å²) in [6.07, 6.45) is 0. The van der Waals surface area contributed by atoms with Crippen LogP contribution in [-0.2, 0) is 0 Å². The van der Waals surface area contributed by atoms with Crippen LogP contribution in [0.4, 0.5) is 0 Å². The highest BCUT2D eigenvalue weighted by atomic mass is 32.1. The van der Waals surface area contributed by atoms with E-state index in [0.29, 0.717) is 0 Å². The molecule has 0 N–H and O–H groups in total. The number of fused-ring (bicyclic) bond motifs is 10. The molecule has 0 bridgehead atoms. The first-order valence-corrected chi connectivity index (χ1v) is 23.6. The molecule has 0 atom stereocenters. The van der Waals surface area contributed by atoms with Crippen molar-refractivity contribution in [1.82, 2.24) is 4.57 Å². The van der Waals surface area contributed by atoms with Gasteiger partial charge in [0.25, 0.3) is 0 Å². The van der Waals surface area contributed by atoms with E-state index in [-0.39, 0.29) is 0 Å². The van der Waals surface area contributed by atoms with Crippen molar-refractivity contribution in [3.8, 4) is 50.2 Å². The van der Waals surface area contributed by atoms with E-state index in [9.17, 15) is 0 Å². The highest BCUT2D eigenvalue weighted by Crippen LogP contribution is 2.50. The van der Waals surface area contributed by atoms with Gasteiger partial charge < -0.3 is 4.57 Å². The third-order valence-corrected chi connectivity index (χ3v) is 15.2. The summed E-state index contributed by atoms with van der Waals surface area (Å²) >= 11 is 1.91. The molecule has 12 aromatic carbocycles. The van der Waals surface area contributed by atoms with Crippen molar-refractivity contribution < 1.29 is 0 Å². The number of hydrogen-bond acceptors (Lipinski definition) is 1. The summed E-state index contributed by atoms with van der Waals surface area (Å²) in [7, 11) is 0. The molecule has 0 fully saturated rings. The molecule has 0 amide bonds. The molecule has 2 aromatic heterocycles. The first-order valence-electron chi connectivity index (χ1n) is 22.8. The number of thiophene rings is 1. The molecule has 0 unspecified atom stereocenters. The highest BCUT2D eigenvalue weighted by Gasteiger charge is 2.22. The summed E-state index contributed by atoms with van der Waals surface area (Å²) in [6, 6.07) is 87.6. The minimum Gasteiger partial charge on any atom is -0.309 e. The summed E-state index contributed by atoms with van der Waals surface area (Å²) in [5, 5.41) is 15.2. The van der Waals surface area contributed by atoms with Crippen molar-refractivity contribution in [3.05, 3.63) is 237 Å². The van der Waals surface area contributed by atoms with Gasteiger partial charge in [-0.3, -0.25) is 0 Å². The fraction of sp³-hybridized carbons (Fsp3) is 0. The Balaban J connectivity index is 0.983. The van der Waals surface area contributed by atoms with Gasteiger partial charge in [-0.05, 0) is 124 Å². The molecule has 0 aliphatic rings. The predicted molar refractivity (Wildman–Crippen MR) is 285 cm³/mol. The largest absolute Gasteiger partial charge is 0.309 e. The number of benzene rings is 12. The second-order valence-electron chi connectivity index (χ2n) is 17.5. The zero-order chi connectivity index (χ0) is 43.3. The van der Waals surface area contributed by atoms with E-state index >= 15 is 0 Å². The summed E-state index contributed by atoms with van der Waals surface area (Å²) in [4.78, 5) is 0. The fourth-order valence-electron chi connectivity index (χ4n) is 11.2. The van der Waals surface area contributed by atoms with Crippen molar-refractivity contribution in [1.29, 1.82) is 0 Å². The summed E-state index contributed by atoms with van der Waals surface area (Å²) in [6.45, 7) is 0. The Morgan fingerprint density at radius 1 is 0.258 bits per heavy atom. The van der Waals surface area contributed by atoms with E-state index < -0.39 is 0 Å². The summed E-state index contributed by atoms with van der Waals surface area (Å²) in [5.41, 5.74) is 13.7. The van der Waals surface area contributed by atoms with Crippen LogP contribution in [0.5, 0.6) is 0 Å². The predicted octanol–water partition coefficient (Wildman–Crippen LogP) is 18.4. The molecule has 0 radical (unpaired) electrons. The van der Waals surface area contributed by atoms with Crippen molar-refractivity contribution in [2.24, 2.45) is 0 Å². The number of hydrogen-bond donors (Lipinski definition) is 0. The topological polar surface area (TPSA) is 4.93 Å². The molecular weight excluding hydrogens is 815 g/mol. The molecule has 14 rings (SSSR count). The SMILES string of the molecule is c1ccc(-c2c3ccccc3c(-c3ccc4sc5c(-c6c7ccccc7c(-c7ccc8c(c7)c7ccccc7n8-c7ccccc7)c7ccccc67)cccc5c4c3)c3ccccc23)cc1. The lowest BCUT2D eigenvalue weighted by Gasteiger charge is -2.18. The number of nitrogens with zero attached hydrogens (tertiary/aromatic N) is 1. The minimum atomic E-state index is 1.17. The number of aromatic nitrogens is 1. The van der Waals surface area contributed by atoms with E-state index in [0.717, 1.165) is 0 Å². The van der Waals surface area contributed by atoms with Crippen LogP contribution in [0, 0.1) is 0 Å². The molecule has 0 saturated heterocycles. The third-order valence-electron chi connectivity index (χ3n) is 14.0. The van der Waals surface area contributed by atoms with Gasteiger partial charge in [-0.1, -0.05) is 194 Å². The Morgan fingerprint density at radius 2 is 0.682 bits per heavy atom. The smallest absolute Gasteiger partial charge is 0.0541 e. The second-order valence-corrected chi connectivity index (χ2v) is 18.5. The first kappa shape index (κ1) is 37.1. The van der Waals surface area contributed by atoms with E-state index in [4.69, 9.17) is 0 Å². The molecule has 0 aliphatic carbocycles. The average molecular weight is 854 g/mol. The monoisotopic (exact) mass is 853 g/mol. The van der Waals surface area contributed by atoms with Gasteiger partial charge in [0, 0.05) is 42.2 Å². The van der Waals surface area contributed by atoms with Gasteiger partial charge >= 0.3 is 0 Å². The van der Waals surface area contributed by atoms with Gasteiger partial charge in [-0.15, -0.1) is 11.3 Å². The molecule has 0 aliphatic heterocycles. The van der Waals surface area contributed by atoms with Crippen LogP contribution in [0.1, 0.15) is 0 Å². The van der Waals surface area contributed by atoms with Crippen molar-refractivity contribution in [2.45, 2.75) is 0 Å². The first-order chi connectivity index (χ1) is 32.8. The normalized spacial score (nSPS) is 11.9.